The summed E-state index contributed by atoms with van der Waals surface area (Å²) in [4.78, 5) is 9.69. The molecule has 0 radical (unpaired) electrons. The van der Waals surface area contributed by atoms with Gasteiger partial charge < -0.3 is 5.32 Å². The smallest absolute Gasteiger partial charge is 0.304 e. The number of nitro benzene ring substituents is 1. The molecule has 5 heteroatoms. The molecule has 0 aromatic heterocycles. The molecule has 86 valence electrons. The Bertz CT molecular complexity index is 416. The Labute approximate surface area is 92.6 Å². The van der Waals surface area contributed by atoms with Gasteiger partial charge in [-0.2, -0.15) is 4.39 Å². The highest BCUT2D eigenvalue weighted by Crippen LogP contribution is 2.30. The minimum atomic E-state index is -0.789. The molecule has 2 rings (SSSR count). The zero-order chi connectivity index (χ0) is 11.7. The Morgan fingerprint density at radius 3 is 2.69 bits per heavy atom. The van der Waals surface area contributed by atoms with Gasteiger partial charge in [0.15, 0.2) is 0 Å². The van der Waals surface area contributed by atoms with Crippen molar-refractivity contribution in [3.63, 3.8) is 0 Å². The maximum Gasteiger partial charge on any atom is 0.304 e. The topological polar surface area (TPSA) is 55.2 Å². The van der Waals surface area contributed by atoms with Gasteiger partial charge in [0.1, 0.15) is 0 Å². The average Bonchev–Trinajstić information content (AvgIpc) is 2.15. The Morgan fingerprint density at radius 1 is 1.50 bits per heavy atom. The Kier molecular flexibility index (Phi) is 2.77. The Hall–Kier alpha value is -1.65. The van der Waals surface area contributed by atoms with Crippen molar-refractivity contribution in [2.45, 2.75) is 25.8 Å². The Morgan fingerprint density at radius 2 is 2.19 bits per heavy atom. The molecule has 1 aromatic rings. The third-order valence-electron chi connectivity index (χ3n) is 2.89. The molecule has 0 heterocycles. The van der Waals surface area contributed by atoms with Crippen molar-refractivity contribution in [3.05, 3.63) is 34.1 Å². The molecule has 1 aliphatic carbocycles. The summed E-state index contributed by atoms with van der Waals surface area (Å²) in [7, 11) is 0. The summed E-state index contributed by atoms with van der Waals surface area (Å²) in [5.74, 6) is -0.0808. The third-order valence-corrected chi connectivity index (χ3v) is 2.89. The number of nitrogens with one attached hydrogen (secondary N) is 1. The second-order valence-corrected chi connectivity index (χ2v) is 4.34. The lowest BCUT2D eigenvalue weighted by molar-refractivity contribution is -0.387. The first-order valence-electron chi connectivity index (χ1n) is 5.26. The highest BCUT2D eigenvalue weighted by atomic mass is 19.1. The predicted octanol–water partition coefficient (Wildman–Crippen LogP) is 2.94. The van der Waals surface area contributed by atoms with Gasteiger partial charge in [-0.05, 0) is 24.8 Å². The molecular weight excluding hydrogens is 211 g/mol. The van der Waals surface area contributed by atoms with Crippen molar-refractivity contribution in [2.75, 3.05) is 5.32 Å². The van der Waals surface area contributed by atoms with Crippen LogP contribution in [0.1, 0.15) is 19.8 Å². The van der Waals surface area contributed by atoms with Crippen LogP contribution in [-0.2, 0) is 0 Å². The van der Waals surface area contributed by atoms with E-state index < -0.39 is 16.4 Å². The number of hydrogen-bond acceptors (Lipinski definition) is 3. The minimum absolute atomic E-state index is 0.371. The zero-order valence-corrected chi connectivity index (χ0v) is 8.94. The Balaban J connectivity index is 2.06. The van der Waals surface area contributed by atoms with E-state index in [1.165, 1.54) is 12.1 Å². The van der Waals surface area contributed by atoms with E-state index in [4.69, 9.17) is 0 Å². The van der Waals surface area contributed by atoms with Gasteiger partial charge in [-0.3, -0.25) is 10.1 Å². The molecule has 1 saturated carbocycles. The summed E-state index contributed by atoms with van der Waals surface area (Å²) in [5.41, 5.74) is 0.132. The van der Waals surface area contributed by atoms with E-state index in [9.17, 15) is 14.5 Å². The fraction of sp³-hybridized carbons (Fsp3) is 0.455. The second kappa shape index (κ2) is 4.08. The van der Waals surface area contributed by atoms with Crippen LogP contribution < -0.4 is 5.32 Å². The van der Waals surface area contributed by atoms with Crippen molar-refractivity contribution in [3.8, 4) is 0 Å². The summed E-state index contributed by atoms with van der Waals surface area (Å²) in [5, 5.41) is 13.6. The first kappa shape index (κ1) is 10.9. The number of halogens is 1. The van der Waals surface area contributed by atoms with Gasteiger partial charge in [-0.1, -0.05) is 6.92 Å². The quantitative estimate of drug-likeness (QED) is 0.634. The van der Waals surface area contributed by atoms with Crippen molar-refractivity contribution >= 4 is 11.4 Å². The molecular formula is C11H13FN2O2. The van der Waals surface area contributed by atoms with Crippen LogP contribution >= 0.6 is 0 Å². The molecule has 0 saturated heterocycles. The van der Waals surface area contributed by atoms with E-state index in [2.05, 4.69) is 12.2 Å². The van der Waals surface area contributed by atoms with Crippen LogP contribution in [0.2, 0.25) is 0 Å². The first-order valence-corrected chi connectivity index (χ1v) is 5.26. The molecule has 16 heavy (non-hydrogen) atoms. The van der Waals surface area contributed by atoms with E-state index in [0.717, 1.165) is 12.8 Å². The normalized spacial score (nSPS) is 23.6. The number of nitro groups is 1. The molecule has 1 aliphatic rings. The summed E-state index contributed by atoms with van der Waals surface area (Å²) >= 11 is 0. The SMILES string of the molecule is CC1CC(Nc2ccc([N+](=O)[O-])c(F)c2)C1. The van der Waals surface area contributed by atoms with Crippen LogP contribution in [0.4, 0.5) is 15.8 Å². The largest absolute Gasteiger partial charge is 0.382 e. The summed E-state index contributed by atoms with van der Waals surface area (Å²) in [6, 6.07) is 4.29. The molecule has 1 N–H and O–H groups in total. The van der Waals surface area contributed by atoms with Crippen molar-refractivity contribution in [1.29, 1.82) is 0 Å². The lowest BCUT2D eigenvalue weighted by Gasteiger charge is -2.34. The van der Waals surface area contributed by atoms with E-state index in [0.29, 0.717) is 17.6 Å². The number of anilines is 1. The fourth-order valence-electron chi connectivity index (χ4n) is 2.00. The zero-order valence-electron chi connectivity index (χ0n) is 8.94. The lowest BCUT2D eigenvalue weighted by atomic mass is 9.82. The number of rotatable bonds is 3. The van der Waals surface area contributed by atoms with Crippen molar-refractivity contribution in [2.24, 2.45) is 5.92 Å². The van der Waals surface area contributed by atoms with Crippen LogP contribution in [0.15, 0.2) is 18.2 Å². The number of hydrogen-bond donors (Lipinski definition) is 1. The van der Waals surface area contributed by atoms with Gasteiger partial charge in [0, 0.05) is 23.9 Å². The van der Waals surface area contributed by atoms with Crippen LogP contribution in [0.5, 0.6) is 0 Å². The predicted molar refractivity (Wildman–Crippen MR) is 58.9 cm³/mol. The molecule has 0 unspecified atom stereocenters. The van der Waals surface area contributed by atoms with E-state index in [1.807, 2.05) is 0 Å². The highest BCUT2D eigenvalue weighted by molar-refractivity contribution is 5.50. The van der Waals surface area contributed by atoms with Crippen molar-refractivity contribution < 1.29 is 9.31 Å². The maximum absolute atomic E-state index is 13.3. The molecule has 0 spiro atoms. The number of nitrogens with zero attached hydrogens (tertiary/aromatic N) is 1. The summed E-state index contributed by atoms with van der Waals surface area (Å²) < 4.78 is 13.3. The average molecular weight is 224 g/mol. The standard InChI is InChI=1S/C11H13FN2O2/c1-7-4-9(5-7)13-8-2-3-11(14(15)16)10(12)6-8/h2-3,6-7,9,13H,4-5H2,1H3. The summed E-state index contributed by atoms with van der Waals surface area (Å²) in [6.45, 7) is 2.16. The van der Waals surface area contributed by atoms with E-state index in [-0.39, 0.29) is 0 Å². The van der Waals surface area contributed by atoms with E-state index >= 15 is 0 Å². The molecule has 1 fully saturated rings. The van der Waals surface area contributed by atoms with Gasteiger partial charge in [0.25, 0.3) is 0 Å². The monoisotopic (exact) mass is 224 g/mol. The van der Waals surface area contributed by atoms with Gasteiger partial charge in [0.2, 0.25) is 5.82 Å². The summed E-state index contributed by atoms with van der Waals surface area (Å²) in [6.07, 6.45) is 2.14. The van der Waals surface area contributed by atoms with Crippen LogP contribution in [0, 0.1) is 21.8 Å². The molecule has 0 amide bonds. The highest BCUT2D eigenvalue weighted by Gasteiger charge is 2.25. The first-order chi connectivity index (χ1) is 7.56. The van der Waals surface area contributed by atoms with Gasteiger partial charge in [0.05, 0.1) is 4.92 Å². The molecule has 4 nitrogen and oxygen atoms in total. The van der Waals surface area contributed by atoms with Crippen molar-refractivity contribution in [1.82, 2.24) is 0 Å². The fourth-order valence-corrected chi connectivity index (χ4v) is 2.00. The van der Waals surface area contributed by atoms with E-state index in [1.54, 1.807) is 6.07 Å². The molecule has 0 bridgehead atoms. The maximum atomic E-state index is 13.3. The van der Waals surface area contributed by atoms with Crippen LogP contribution in [-0.4, -0.2) is 11.0 Å². The minimum Gasteiger partial charge on any atom is -0.382 e. The van der Waals surface area contributed by atoms with Crippen LogP contribution in [0.3, 0.4) is 0 Å². The van der Waals surface area contributed by atoms with Gasteiger partial charge in [-0.15, -0.1) is 0 Å². The lowest BCUT2D eigenvalue weighted by Crippen LogP contribution is -2.33. The molecule has 0 atom stereocenters. The second-order valence-electron chi connectivity index (χ2n) is 4.34. The number of benzene rings is 1. The van der Waals surface area contributed by atoms with Gasteiger partial charge in [-0.25, -0.2) is 0 Å². The third kappa shape index (κ3) is 2.13. The van der Waals surface area contributed by atoms with Gasteiger partial charge >= 0.3 is 5.69 Å². The van der Waals surface area contributed by atoms with Crippen LogP contribution in [0.25, 0.3) is 0 Å². The molecule has 0 aliphatic heterocycles. The molecule has 1 aromatic carbocycles.